The van der Waals surface area contributed by atoms with Gasteiger partial charge in [0.2, 0.25) is 5.91 Å². The summed E-state index contributed by atoms with van der Waals surface area (Å²) in [5.74, 6) is 0.594. The van der Waals surface area contributed by atoms with E-state index in [1.165, 1.54) is 0 Å². The summed E-state index contributed by atoms with van der Waals surface area (Å²) in [5.41, 5.74) is 0. The maximum atomic E-state index is 11.9. The Balaban J connectivity index is 4.01. The lowest BCUT2D eigenvalue weighted by Gasteiger charge is -2.24. The molecule has 1 N–H and O–H groups in total. The number of rotatable bonds is 8. The van der Waals surface area contributed by atoms with Gasteiger partial charge in [0, 0.05) is 20.7 Å². The molecule has 0 radical (unpaired) electrons. The second kappa shape index (κ2) is 8.91. The molecule has 1 unspecified atom stereocenters. The number of carbonyl (C=O) groups is 1. The number of nitrogens with zero attached hydrogens (tertiary/aromatic N) is 1. The van der Waals surface area contributed by atoms with Crippen molar-refractivity contribution in [1.82, 2.24) is 10.2 Å². The van der Waals surface area contributed by atoms with Crippen molar-refractivity contribution in [2.24, 2.45) is 5.92 Å². The normalized spacial score (nSPS) is 13.8. The number of halogens is 2. The van der Waals surface area contributed by atoms with E-state index in [0.29, 0.717) is 12.5 Å². The van der Waals surface area contributed by atoms with Gasteiger partial charge in [-0.3, -0.25) is 10.1 Å². The number of alkyl halides is 2. The maximum Gasteiger partial charge on any atom is 0.236 e. The van der Waals surface area contributed by atoms with Crippen LogP contribution >= 0.6 is 45.2 Å². The predicted molar refractivity (Wildman–Crippen MR) is 92.3 cm³/mol. The molecule has 0 aromatic rings. The summed E-state index contributed by atoms with van der Waals surface area (Å²) < 4.78 is 5.32. The van der Waals surface area contributed by atoms with Crippen LogP contribution in [0, 0.1) is 5.92 Å². The van der Waals surface area contributed by atoms with Crippen LogP contribution in [-0.4, -0.2) is 45.7 Å². The molecule has 108 valence electrons. The lowest BCUT2D eigenvalue weighted by Crippen LogP contribution is -2.41. The van der Waals surface area contributed by atoms with E-state index in [0.717, 1.165) is 13.0 Å². The summed E-state index contributed by atoms with van der Waals surface area (Å²) in [6.45, 7) is 7.40. The quantitative estimate of drug-likeness (QED) is 0.329. The highest BCUT2D eigenvalue weighted by Gasteiger charge is 2.18. The molecule has 0 aromatic heterocycles. The molecule has 0 bridgehead atoms. The smallest absolute Gasteiger partial charge is 0.236 e. The van der Waals surface area contributed by atoms with E-state index in [1.807, 2.05) is 14.0 Å². The molecule has 0 saturated heterocycles. The highest BCUT2D eigenvalue weighted by atomic mass is 127. The fraction of sp³-hybridized carbons (Fsp3) is 0.917. The first kappa shape index (κ1) is 18.9. The van der Waals surface area contributed by atoms with Gasteiger partial charge >= 0.3 is 0 Å². The average molecular weight is 482 g/mol. The van der Waals surface area contributed by atoms with Gasteiger partial charge in [-0.1, -0.05) is 13.8 Å². The molecular weight excluding hydrogens is 458 g/mol. The van der Waals surface area contributed by atoms with Crippen molar-refractivity contribution < 1.29 is 9.53 Å². The van der Waals surface area contributed by atoms with Crippen LogP contribution in [0.5, 0.6) is 0 Å². The Morgan fingerprint density at radius 2 is 2.00 bits per heavy atom. The molecule has 0 heterocycles. The Kier molecular flexibility index (Phi) is 9.33. The van der Waals surface area contributed by atoms with Crippen LogP contribution < -0.4 is 5.32 Å². The molecule has 6 heteroatoms. The molecule has 0 spiro atoms. The molecule has 1 amide bonds. The first-order valence-electron chi connectivity index (χ1n) is 6.07. The lowest BCUT2D eigenvalue weighted by atomic mass is 10.0. The summed E-state index contributed by atoms with van der Waals surface area (Å²) in [6, 6.07) is 0. The Bertz CT molecular complexity index is 255. The van der Waals surface area contributed by atoms with Crippen molar-refractivity contribution in [3.8, 4) is 0 Å². The number of ether oxygens (including phenoxy) is 1. The Labute approximate surface area is 138 Å². The average Bonchev–Trinajstić information content (AvgIpc) is 2.24. The molecule has 0 rings (SSSR count). The Morgan fingerprint density at radius 3 is 2.39 bits per heavy atom. The number of hydrogen-bond acceptors (Lipinski definition) is 3. The Morgan fingerprint density at radius 1 is 1.44 bits per heavy atom. The van der Waals surface area contributed by atoms with Crippen LogP contribution in [0.3, 0.4) is 0 Å². The maximum absolute atomic E-state index is 11.9. The monoisotopic (exact) mass is 482 g/mol. The molecule has 4 nitrogen and oxygen atoms in total. The molecule has 1 atom stereocenters. The highest BCUT2D eigenvalue weighted by Crippen LogP contribution is 2.22. The molecule has 0 aliphatic rings. The van der Waals surface area contributed by atoms with E-state index >= 15 is 0 Å². The molecular formula is C12H24I2N2O2. The van der Waals surface area contributed by atoms with E-state index < -0.39 is 0 Å². The fourth-order valence-electron chi connectivity index (χ4n) is 1.53. The summed E-state index contributed by atoms with van der Waals surface area (Å²) in [7, 11) is 3.57. The number of carbonyl (C=O) groups excluding carboxylic acids is 1. The molecule has 0 aliphatic carbocycles. The van der Waals surface area contributed by atoms with Crippen LogP contribution in [0.25, 0.3) is 0 Å². The zero-order chi connectivity index (χ0) is 14.3. The third-order valence-electron chi connectivity index (χ3n) is 2.77. The van der Waals surface area contributed by atoms with Crippen molar-refractivity contribution >= 4 is 51.1 Å². The van der Waals surface area contributed by atoms with Gasteiger partial charge in [0.1, 0.15) is 1.55 Å². The summed E-state index contributed by atoms with van der Waals surface area (Å²) in [5, 5.41) is 3.18. The van der Waals surface area contributed by atoms with E-state index in [-0.39, 0.29) is 13.6 Å². The highest BCUT2D eigenvalue weighted by molar-refractivity contribution is 14.2. The van der Waals surface area contributed by atoms with Crippen LogP contribution in [0.2, 0.25) is 0 Å². The molecule has 0 aliphatic heterocycles. The van der Waals surface area contributed by atoms with Gasteiger partial charge in [-0.25, -0.2) is 0 Å². The number of hydrogen-bond donors (Lipinski definition) is 1. The van der Waals surface area contributed by atoms with Gasteiger partial charge in [-0.15, -0.1) is 0 Å². The summed E-state index contributed by atoms with van der Waals surface area (Å²) in [6.07, 6.45) is 1.09. The third kappa shape index (κ3) is 8.87. The predicted octanol–water partition coefficient (Wildman–Crippen LogP) is 2.64. The van der Waals surface area contributed by atoms with Crippen LogP contribution in [0.15, 0.2) is 0 Å². The summed E-state index contributed by atoms with van der Waals surface area (Å²) in [4.78, 5) is 13.6. The Hall–Kier alpha value is 0.850. The number of likely N-dealkylation sites (N-methyl/N-ethyl adjacent to an activating group) is 1. The van der Waals surface area contributed by atoms with E-state index in [1.54, 1.807) is 12.0 Å². The largest absolute Gasteiger partial charge is 0.381 e. The second-order valence-corrected chi connectivity index (χ2v) is 11.2. The molecule has 0 saturated carbocycles. The van der Waals surface area contributed by atoms with Crippen LogP contribution in [-0.2, 0) is 9.53 Å². The number of methoxy groups -OCH3 is 1. The SMILES string of the molecule is COC(CCN(C)C(=O)CNC(C)(I)I)C(C)C. The number of nitrogens with one attached hydrogen (secondary N) is 1. The van der Waals surface area contributed by atoms with Gasteiger partial charge in [-0.05, 0) is 64.4 Å². The third-order valence-corrected chi connectivity index (χ3v) is 3.53. The van der Waals surface area contributed by atoms with Crippen LogP contribution in [0.4, 0.5) is 0 Å². The first-order valence-corrected chi connectivity index (χ1v) is 8.22. The van der Waals surface area contributed by atoms with Crippen molar-refractivity contribution in [1.29, 1.82) is 0 Å². The summed E-state index contributed by atoms with van der Waals surface area (Å²) >= 11 is 4.53. The zero-order valence-corrected chi connectivity index (χ0v) is 16.1. The van der Waals surface area contributed by atoms with Gasteiger partial charge in [0.05, 0.1) is 12.6 Å². The van der Waals surface area contributed by atoms with E-state index in [9.17, 15) is 4.79 Å². The van der Waals surface area contributed by atoms with Crippen molar-refractivity contribution in [3.63, 3.8) is 0 Å². The van der Waals surface area contributed by atoms with Crippen molar-refractivity contribution in [2.75, 3.05) is 27.2 Å². The standard InChI is InChI=1S/C12H24I2N2O2/c1-9(2)10(18-5)6-7-16(4)11(17)8-15-12(3,13)14/h9-10,15H,6-8H2,1-5H3. The van der Waals surface area contributed by atoms with Gasteiger partial charge in [0.25, 0.3) is 0 Å². The van der Waals surface area contributed by atoms with E-state index in [2.05, 4.69) is 64.3 Å². The molecule has 18 heavy (non-hydrogen) atoms. The van der Waals surface area contributed by atoms with E-state index in [4.69, 9.17) is 4.74 Å². The minimum Gasteiger partial charge on any atom is -0.381 e. The topological polar surface area (TPSA) is 41.6 Å². The number of amides is 1. The zero-order valence-electron chi connectivity index (χ0n) is 11.8. The van der Waals surface area contributed by atoms with Crippen LogP contribution in [0.1, 0.15) is 27.2 Å². The fourth-order valence-corrected chi connectivity index (χ4v) is 1.92. The van der Waals surface area contributed by atoms with Gasteiger partial charge in [-0.2, -0.15) is 0 Å². The first-order chi connectivity index (χ1) is 8.17. The second-order valence-electron chi connectivity index (χ2n) is 4.86. The lowest BCUT2D eigenvalue weighted by molar-refractivity contribution is -0.129. The van der Waals surface area contributed by atoms with Crippen molar-refractivity contribution in [2.45, 2.75) is 34.8 Å². The molecule has 0 fully saturated rings. The van der Waals surface area contributed by atoms with Crippen molar-refractivity contribution in [3.05, 3.63) is 0 Å². The van der Waals surface area contributed by atoms with Gasteiger partial charge < -0.3 is 9.64 Å². The van der Waals surface area contributed by atoms with Gasteiger partial charge in [0.15, 0.2) is 0 Å². The molecule has 0 aromatic carbocycles. The minimum atomic E-state index is -0.0843. The minimum absolute atomic E-state index is 0.0843.